The zero-order valence-electron chi connectivity index (χ0n) is 18.4. The number of alkyl halides is 2. The lowest BCUT2D eigenvalue weighted by atomic mass is 9.85. The van der Waals surface area contributed by atoms with Crippen LogP contribution in [0.5, 0.6) is 0 Å². The van der Waals surface area contributed by atoms with Crippen LogP contribution in [-0.2, 0) is 10.0 Å². The topological polar surface area (TPSA) is 42.3 Å². The van der Waals surface area contributed by atoms with E-state index in [0.717, 1.165) is 41.7 Å². The largest absolute Gasteiger partial charge is 0.298 e. The molecule has 0 aliphatic carbocycles. The quantitative estimate of drug-likeness (QED) is 0.431. The predicted molar refractivity (Wildman–Crippen MR) is 124 cm³/mol. The van der Waals surface area contributed by atoms with Gasteiger partial charge in [-0.15, -0.1) is 0 Å². The summed E-state index contributed by atoms with van der Waals surface area (Å²) in [6, 6.07) is 11.1. The SMILES string of the molecule is CC(C)(C)N1CCC(c2cccc3c2c(C(F)F)cn3S(=O)(=O)c2cccc(Cl)c2)CC1. The lowest BCUT2D eigenvalue weighted by molar-refractivity contribution is 0.102. The smallest absolute Gasteiger partial charge is 0.268 e. The zero-order chi connectivity index (χ0) is 23.3. The summed E-state index contributed by atoms with van der Waals surface area (Å²) in [6.45, 7) is 8.25. The summed E-state index contributed by atoms with van der Waals surface area (Å²) in [4.78, 5) is 2.36. The summed E-state index contributed by atoms with van der Waals surface area (Å²) in [5.41, 5.74) is 0.876. The third kappa shape index (κ3) is 4.18. The molecule has 1 saturated heterocycles. The number of aromatic nitrogens is 1. The molecular formula is C24H27ClF2N2O2S. The van der Waals surface area contributed by atoms with Crippen molar-refractivity contribution in [2.45, 2.75) is 56.4 Å². The Kier molecular flexibility index (Phi) is 6.11. The molecule has 0 atom stereocenters. The van der Waals surface area contributed by atoms with Crippen LogP contribution in [0.2, 0.25) is 5.02 Å². The van der Waals surface area contributed by atoms with Crippen LogP contribution in [0.4, 0.5) is 8.78 Å². The summed E-state index contributed by atoms with van der Waals surface area (Å²) in [5, 5.41) is 0.616. The molecule has 4 nitrogen and oxygen atoms in total. The molecule has 1 fully saturated rings. The van der Waals surface area contributed by atoms with E-state index >= 15 is 0 Å². The van der Waals surface area contributed by atoms with E-state index < -0.39 is 16.4 Å². The molecule has 2 aromatic carbocycles. The van der Waals surface area contributed by atoms with Crippen LogP contribution in [0, 0.1) is 0 Å². The van der Waals surface area contributed by atoms with Gasteiger partial charge in [-0.05, 0) is 82.4 Å². The molecule has 172 valence electrons. The van der Waals surface area contributed by atoms with Crippen LogP contribution in [-0.4, -0.2) is 35.9 Å². The monoisotopic (exact) mass is 480 g/mol. The van der Waals surface area contributed by atoms with Gasteiger partial charge in [0, 0.05) is 27.7 Å². The first-order valence-corrected chi connectivity index (χ1v) is 12.5. The number of rotatable bonds is 4. The number of nitrogens with zero attached hydrogens (tertiary/aromatic N) is 2. The van der Waals surface area contributed by atoms with E-state index in [1.54, 1.807) is 18.2 Å². The van der Waals surface area contributed by atoms with Gasteiger partial charge in [-0.3, -0.25) is 4.90 Å². The number of hydrogen-bond acceptors (Lipinski definition) is 3. The molecule has 32 heavy (non-hydrogen) atoms. The number of benzene rings is 2. The zero-order valence-corrected chi connectivity index (χ0v) is 19.9. The third-order valence-corrected chi connectivity index (χ3v) is 8.23. The van der Waals surface area contributed by atoms with Crippen LogP contribution in [0.3, 0.4) is 0 Å². The second-order valence-corrected chi connectivity index (χ2v) is 11.6. The van der Waals surface area contributed by atoms with Crippen molar-refractivity contribution in [3.8, 4) is 0 Å². The molecule has 0 bridgehead atoms. The fourth-order valence-electron chi connectivity index (χ4n) is 4.62. The molecule has 0 N–H and O–H groups in total. The van der Waals surface area contributed by atoms with Crippen LogP contribution in [0.1, 0.15) is 57.1 Å². The van der Waals surface area contributed by atoms with E-state index in [-0.39, 0.29) is 32.5 Å². The fraction of sp³-hybridized carbons (Fsp3) is 0.417. The molecule has 3 aromatic rings. The summed E-state index contributed by atoms with van der Waals surface area (Å²) >= 11 is 5.99. The van der Waals surface area contributed by atoms with E-state index in [1.165, 1.54) is 18.2 Å². The van der Waals surface area contributed by atoms with Crippen LogP contribution in [0.25, 0.3) is 10.9 Å². The Hall–Kier alpha value is -1.96. The normalized spacial score (nSPS) is 16.8. The minimum atomic E-state index is -4.09. The molecule has 1 aliphatic rings. The first kappa shape index (κ1) is 23.2. The van der Waals surface area contributed by atoms with Gasteiger partial charge >= 0.3 is 0 Å². The molecule has 0 spiro atoms. The maximum absolute atomic E-state index is 14.1. The van der Waals surface area contributed by atoms with E-state index in [1.807, 2.05) is 6.07 Å². The van der Waals surface area contributed by atoms with E-state index in [4.69, 9.17) is 11.6 Å². The molecule has 8 heteroatoms. The Bertz CT molecular complexity index is 1240. The van der Waals surface area contributed by atoms with Crippen molar-refractivity contribution < 1.29 is 17.2 Å². The highest BCUT2D eigenvalue weighted by Crippen LogP contribution is 2.40. The Labute approximate surface area is 192 Å². The standard InChI is InChI=1S/C24H27ClF2N2O2S/c1-24(2,3)28-12-10-16(11-13-28)19-8-5-9-21-22(19)20(23(26)27)15-29(21)32(30,31)18-7-4-6-17(25)14-18/h4-9,14-16,23H,10-13H2,1-3H3. The van der Waals surface area contributed by atoms with Gasteiger partial charge in [-0.1, -0.05) is 29.8 Å². The van der Waals surface area contributed by atoms with Gasteiger partial charge in [-0.2, -0.15) is 0 Å². The van der Waals surface area contributed by atoms with Gasteiger partial charge < -0.3 is 0 Å². The Morgan fingerprint density at radius 2 is 1.72 bits per heavy atom. The van der Waals surface area contributed by atoms with E-state index in [0.29, 0.717) is 5.39 Å². The lowest BCUT2D eigenvalue weighted by Crippen LogP contribution is -2.45. The number of fused-ring (bicyclic) bond motifs is 1. The first-order chi connectivity index (χ1) is 15.0. The number of hydrogen-bond donors (Lipinski definition) is 0. The average Bonchev–Trinajstić information content (AvgIpc) is 3.14. The van der Waals surface area contributed by atoms with Gasteiger partial charge in [-0.25, -0.2) is 21.2 Å². The maximum Gasteiger partial charge on any atom is 0.268 e. The van der Waals surface area contributed by atoms with Crippen molar-refractivity contribution in [2.75, 3.05) is 13.1 Å². The molecular weight excluding hydrogens is 454 g/mol. The van der Waals surface area contributed by atoms with Gasteiger partial charge in [0.05, 0.1) is 10.4 Å². The molecule has 2 heterocycles. The summed E-state index contributed by atoms with van der Waals surface area (Å²) < 4.78 is 55.8. The molecule has 0 radical (unpaired) electrons. The molecule has 4 rings (SSSR count). The highest BCUT2D eigenvalue weighted by molar-refractivity contribution is 7.90. The van der Waals surface area contributed by atoms with E-state index in [9.17, 15) is 17.2 Å². The van der Waals surface area contributed by atoms with Crippen molar-refractivity contribution in [1.82, 2.24) is 8.87 Å². The number of piperidine rings is 1. The third-order valence-electron chi connectivity index (χ3n) is 6.33. The van der Waals surface area contributed by atoms with Crippen molar-refractivity contribution in [3.05, 3.63) is 64.8 Å². The van der Waals surface area contributed by atoms with Crippen LogP contribution >= 0.6 is 11.6 Å². The average molecular weight is 481 g/mol. The van der Waals surface area contributed by atoms with Crippen molar-refractivity contribution in [2.24, 2.45) is 0 Å². The van der Waals surface area contributed by atoms with Crippen molar-refractivity contribution in [1.29, 1.82) is 0 Å². The molecule has 1 aliphatic heterocycles. The number of halogens is 3. The molecule has 0 unspecified atom stereocenters. The summed E-state index contributed by atoms with van der Waals surface area (Å²) in [6.07, 6.45) is -0.0419. The second-order valence-electron chi connectivity index (χ2n) is 9.32. The minimum absolute atomic E-state index is 0.0356. The summed E-state index contributed by atoms with van der Waals surface area (Å²) in [5.74, 6) is 0.0968. The second kappa shape index (κ2) is 8.43. The van der Waals surface area contributed by atoms with Gasteiger partial charge in [0.25, 0.3) is 16.4 Å². The number of likely N-dealkylation sites (tertiary alicyclic amines) is 1. The van der Waals surface area contributed by atoms with Crippen molar-refractivity contribution in [3.63, 3.8) is 0 Å². The van der Waals surface area contributed by atoms with Gasteiger partial charge in [0.15, 0.2) is 0 Å². The Morgan fingerprint density at radius 3 is 2.31 bits per heavy atom. The van der Waals surface area contributed by atoms with Crippen LogP contribution < -0.4 is 0 Å². The highest BCUT2D eigenvalue weighted by atomic mass is 35.5. The summed E-state index contributed by atoms with van der Waals surface area (Å²) in [7, 11) is -4.09. The van der Waals surface area contributed by atoms with Gasteiger partial charge in [0.1, 0.15) is 0 Å². The predicted octanol–water partition coefficient (Wildman–Crippen LogP) is 6.45. The van der Waals surface area contributed by atoms with Crippen LogP contribution in [0.15, 0.2) is 53.6 Å². The van der Waals surface area contributed by atoms with E-state index in [2.05, 4.69) is 25.7 Å². The molecule has 1 aromatic heterocycles. The first-order valence-electron chi connectivity index (χ1n) is 10.7. The molecule has 0 amide bonds. The van der Waals surface area contributed by atoms with Crippen molar-refractivity contribution >= 4 is 32.5 Å². The highest BCUT2D eigenvalue weighted by Gasteiger charge is 2.31. The minimum Gasteiger partial charge on any atom is -0.298 e. The maximum atomic E-state index is 14.1. The Balaban J connectivity index is 1.82. The van der Waals surface area contributed by atoms with Gasteiger partial charge in [0.2, 0.25) is 0 Å². The lowest BCUT2D eigenvalue weighted by Gasteiger charge is -2.41. The Morgan fingerprint density at radius 1 is 1.06 bits per heavy atom. The molecule has 0 saturated carbocycles. The fourth-order valence-corrected chi connectivity index (χ4v) is 6.29.